The molecule has 6 nitrogen and oxygen atoms in total. The largest absolute Gasteiger partial charge is 0.481 e. The van der Waals surface area contributed by atoms with E-state index in [1.165, 1.54) is 12.1 Å². The summed E-state index contributed by atoms with van der Waals surface area (Å²) in [5.41, 5.74) is 0.150. The van der Waals surface area contributed by atoms with Crippen molar-refractivity contribution in [3.8, 4) is 0 Å². The summed E-state index contributed by atoms with van der Waals surface area (Å²) in [7, 11) is -4.10. The number of carboxylic acid groups (broad SMARTS) is 1. The van der Waals surface area contributed by atoms with Crippen LogP contribution in [0.3, 0.4) is 0 Å². The molecular weight excluding hydrogens is 375 g/mol. The summed E-state index contributed by atoms with van der Waals surface area (Å²) >= 11 is 0. The standard InChI is InChI=1S/C16H18F3NO5S/c17-16(18,19)12-2-1-9-20(10-12)26(24,25)13-5-3-11(4-6-13)14(21)7-8-15(22)23/h3-6,12H,1-2,7-10H2,(H,22,23). The highest BCUT2D eigenvalue weighted by Gasteiger charge is 2.44. The Morgan fingerprint density at radius 2 is 1.77 bits per heavy atom. The van der Waals surface area contributed by atoms with Crippen LogP contribution in [0, 0.1) is 5.92 Å². The number of hydrogen-bond acceptors (Lipinski definition) is 4. The Bertz CT molecular complexity index is 774. The smallest absolute Gasteiger partial charge is 0.393 e. The topological polar surface area (TPSA) is 91.7 Å². The van der Waals surface area contributed by atoms with Crippen molar-refractivity contribution >= 4 is 21.8 Å². The van der Waals surface area contributed by atoms with Crippen LogP contribution in [0.5, 0.6) is 0 Å². The predicted molar refractivity (Wildman–Crippen MR) is 85.2 cm³/mol. The van der Waals surface area contributed by atoms with E-state index in [4.69, 9.17) is 5.11 Å². The Hall–Kier alpha value is -1.94. The van der Waals surface area contributed by atoms with Crippen molar-refractivity contribution in [2.24, 2.45) is 5.92 Å². The lowest BCUT2D eigenvalue weighted by Gasteiger charge is -2.32. The average molecular weight is 393 g/mol. The molecule has 1 heterocycles. The first-order chi connectivity index (χ1) is 12.0. The number of ketones is 1. The van der Waals surface area contributed by atoms with Crippen LogP contribution >= 0.6 is 0 Å². The minimum absolute atomic E-state index is 0.00814. The maximum atomic E-state index is 12.9. The highest BCUT2D eigenvalue weighted by atomic mass is 32.2. The van der Waals surface area contributed by atoms with Crippen LogP contribution in [0.4, 0.5) is 13.2 Å². The summed E-state index contributed by atoms with van der Waals surface area (Å²) in [5, 5.41) is 8.57. The lowest BCUT2D eigenvalue weighted by atomic mass is 9.99. The van der Waals surface area contributed by atoms with Gasteiger partial charge in [0.05, 0.1) is 17.2 Å². The molecule has 0 aromatic heterocycles. The minimum Gasteiger partial charge on any atom is -0.481 e. The van der Waals surface area contributed by atoms with Gasteiger partial charge in [-0.1, -0.05) is 12.1 Å². The molecule has 1 saturated heterocycles. The number of carboxylic acids is 1. The highest BCUT2D eigenvalue weighted by molar-refractivity contribution is 7.89. The van der Waals surface area contributed by atoms with E-state index in [2.05, 4.69) is 0 Å². The van der Waals surface area contributed by atoms with E-state index in [0.29, 0.717) is 0 Å². The molecule has 1 aliphatic rings. The quantitative estimate of drug-likeness (QED) is 0.751. The van der Waals surface area contributed by atoms with E-state index < -0.39 is 40.4 Å². The molecule has 1 fully saturated rings. The first-order valence-electron chi connectivity index (χ1n) is 7.93. The third-order valence-corrected chi connectivity index (χ3v) is 6.11. The molecule has 2 rings (SSSR count). The van der Waals surface area contributed by atoms with E-state index in [-0.39, 0.29) is 42.7 Å². The van der Waals surface area contributed by atoms with Gasteiger partial charge in [-0.05, 0) is 25.0 Å². The molecule has 0 amide bonds. The van der Waals surface area contributed by atoms with Crippen LogP contribution in [0.25, 0.3) is 0 Å². The van der Waals surface area contributed by atoms with E-state index >= 15 is 0 Å². The highest BCUT2D eigenvalue weighted by Crippen LogP contribution is 2.35. The van der Waals surface area contributed by atoms with Gasteiger partial charge in [-0.3, -0.25) is 9.59 Å². The third kappa shape index (κ3) is 4.82. The number of rotatable bonds is 6. The molecule has 1 unspecified atom stereocenters. The Kier molecular flexibility index (Phi) is 6.07. The summed E-state index contributed by atoms with van der Waals surface area (Å²) < 4.78 is 64.5. The van der Waals surface area contributed by atoms with Gasteiger partial charge in [-0.2, -0.15) is 17.5 Å². The van der Waals surface area contributed by atoms with Gasteiger partial charge in [0, 0.05) is 25.1 Å². The number of benzene rings is 1. The second kappa shape index (κ2) is 7.75. The molecule has 0 saturated carbocycles. The Labute approximate surface area is 148 Å². The van der Waals surface area contributed by atoms with Crippen LogP contribution in [-0.2, 0) is 14.8 Å². The zero-order valence-electron chi connectivity index (χ0n) is 13.7. The SMILES string of the molecule is O=C(O)CCC(=O)c1ccc(S(=O)(=O)N2CCCC(C(F)(F)F)C2)cc1. The summed E-state index contributed by atoms with van der Waals surface area (Å²) in [5.74, 6) is -3.27. The Balaban J connectivity index is 2.14. The molecule has 26 heavy (non-hydrogen) atoms. The summed E-state index contributed by atoms with van der Waals surface area (Å²) in [6, 6.07) is 4.78. The van der Waals surface area contributed by atoms with Crippen LogP contribution in [0.2, 0.25) is 0 Å². The summed E-state index contributed by atoms with van der Waals surface area (Å²) in [4.78, 5) is 22.1. The molecule has 1 N–H and O–H groups in total. The summed E-state index contributed by atoms with van der Waals surface area (Å²) in [6.07, 6.45) is -5.00. The minimum atomic E-state index is -4.45. The number of alkyl halides is 3. The fraction of sp³-hybridized carbons (Fsp3) is 0.500. The third-order valence-electron chi connectivity index (χ3n) is 4.23. The Morgan fingerprint density at radius 3 is 2.31 bits per heavy atom. The maximum Gasteiger partial charge on any atom is 0.393 e. The van der Waals surface area contributed by atoms with Crippen molar-refractivity contribution in [1.82, 2.24) is 4.31 Å². The van der Waals surface area contributed by atoms with Crippen LogP contribution in [-0.4, -0.2) is 48.8 Å². The van der Waals surface area contributed by atoms with E-state index in [0.717, 1.165) is 16.4 Å². The first kappa shape index (κ1) is 20.4. The lowest BCUT2D eigenvalue weighted by Crippen LogP contribution is -2.44. The van der Waals surface area contributed by atoms with Crippen molar-refractivity contribution in [1.29, 1.82) is 0 Å². The fourth-order valence-electron chi connectivity index (χ4n) is 2.75. The number of sulfonamides is 1. The van der Waals surface area contributed by atoms with Gasteiger partial charge in [-0.25, -0.2) is 8.42 Å². The number of carbonyl (C=O) groups excluding carboxylic acids is 1. The van der Waals surface area contributed by atoms with E-state index in [1.807, 2.05) is 0 Å². The molecule has 10 heteroatoms. The Morgan fingerprint density at radius 1 is 1.15 bits per heavy atom. The molecular formula is C16H18F3NO5S. The van der Waals surface area contributed by atoms with Crippen molar-refractivity contribution < 1.29 is 36.3 Å². The van der Waals surface area contributed by atoms with Crippen molar-refractivity contribution in [3.05, 3.63) is 29.8 Å². The number of nitrogens with zero attached hydrogens (tertiary/aromatic N) is 1. The second-order valence-electron chi connectivity index (χ2n) is 6.09. The number of hydrogen-bond donors (Lipinski definition) is 1. The monoisotopic (exact) mass is 393 g/mol. The average Bonchev–Trinajstić information content (AvgIpc) is 2.59. The molecule has 1 aromatic carbocycles. The molecule has 144 valence electrons. The number of carbonyl (C=O) groups is 2. The molecule has 1 atom stereocenters. The van der Waals surface area contributed by atoms with Gasteiger partial charge < -0.3 is 5.11 Å². The molecule has 1 aromatic rings. The van der Waals surface area contributed by atoms with Gasteiger partial charge in [0.25, 0.3) is 0 Å². The van der Waals surface area contributed by atoms with Gasteiger partial charge in [0.15, 0.2) is 5.78 Å². The first-order valence-corrected chi connectivity index (χ1v) is 9.37. The number of halogens is 3. The molecule has 1 aliphatic heterocycles. The lowest BCUT2D eigenvalue weighted by molar-refractivity contribution is -0.182. The van der Waals surface area contributed by atoms with Gasteiger partial charge in [0.2, 0.25) is 10.0 Å². The maximum absolute atomic E-state index is 12.9. The fourth-order valence-corrected chi connectivity index (χ4v) is 4.28. The zero-order valence-corrected chi connectivity index (χ0v) is 14.5. The number of Topliss-reactive ketones (excluding diaryl/α,β-unsaturated/α-hetero) is 1. The van der Waals surface area contributed by atoms with Gasteiger partial charge in [0.1, 0.15) is 0 Å². The normalized spacial score (nSPS) is 19.3. The van der Waals surface area contributed by atoms with Crippen LogP contribution in [0.1, 0.15) is 36.0 Å². The van der Waals surface area contributed by atoms with Gasteiger partial charge in [-0.15, -0.1) is 0 Å². The molecule has 0 spiro atoms. The van der Waals surface area contributed by atoms with Gasteiger partial charge >= 0.3 is 12.1 Å². The second-order valence-corrected chi connectivity index (χ2v) is 8.02. The van der Waals surface area contributed by atoms with Crippen molar-refractivity contribution in [2.45, 2.75) is 36.8 Å². The molecule has 0 radical (unpaired) electrons. The molecule has 0 bridgehead atoms. The predicted octanol–water partition coefficient (Wildman–Crippen LogP) is 2.70. The molecule has 0 aliphatic carbocycles. The zero-order chi connectivity index (χ0) is 19.5. The van der Waals surface area contributed by atoms with Crippen LogP contribution < -0.4 is 0 Å². The number of aliphatic carboxylic acids is 1. The number of piperidine rings is 1. The van der Waals surface area contributed by atoms with Crippen molar-refractivity contribution in [3.63, 3.8) is 0 Å². The van der Waals surface area contributed by atoms with Crippen molar-refractivity contribution in [2.75, 3.05) is 13.1 Å². The van der Waals surface area contributed by atoms with E-state index in [1.54, 1.807) is 0 Å². The van der Waals surface area contributed by atoms with E-state index in [9.17, 15) is 31.2 Å². The summed E-state index contributed by atoms with van der Waals surface area (Å²) in [6.45, 7) is -0.612. The van der Waals surface area contributed by atoms with Crippen LogP contribution in [0.15, 0.2) is 29.2 Å².